The number of hydrogen-bond donors (Lipinski definition) is 1. The number of carbonyl (C=O) groups excluding carboxylic acids is 2. The summed E-state index contributed by atoms with van der Waals surface area (Å²) in [6.45, 7) is 4.95. The number of methoxy groups -OCH3 is 3. The summed E-state index contributed by atoms with van der Waals surface area (Å²) >= 11 is 1.24. The Balaban J connectivity index is 1.71. The summed E-state index contributed by atoms with van der Waals surface area (Å²) < 4.78 is 28.7. The first-order chi connectivity index (χ1) is 20.8. The fourth-order valence-corrected chi connectivity index (χ4v) is 5.96. The predicted molar refractivity (Wildman–Crippen MR) is 164 cm³/mol. The van der Waals surface area contributed by atoms with Crippen LogP contribution in [0.1, 0.15) is 37.4 Å². The van der Waals surface area contributed by atoms with Gasteiger partial charge in [0.05, 0.1) is 56.4 Å². The smallest absolute Gasteiger partial charge is 0.301 e. The van der Waals surface area contributed by atoms with Crippen LogP contribution in [0.5, 0.6) is 28.7 Å². The Morgan fingerprint density at radius 3 is 2.19 bits per heavy atom. The van der Waals surface area contributed by atoms with Crippen molar-refractivity contribution < 1.29 is 38.4 Å². The third-order valence-corrected chi connectivity index (χ3v) is 7.93. The van der Waals surface area contributed by atoms with Gasteiger partial charge in [-0.2, -0.15) is 0 Å². The number of aliphatic hydroxyl groups excluding tert-OH is 1. The van der Waals surface area contributed by atoms with Gasteiger partial charge in [0.2, 0.25) is 5.75 Å². The van der Waals surface area contributed by atoms with E-state index in [1.54, 1.807) is 48.5 Å². The van der Waals surface area contributed by atoms with Crippen molar-refractivity contribution in [2.75, 3.05) is 39.4 Å². The van der Waals surface area contributed by atoms with Gasteiger partial charge in [0.1, 0.15) is 17.3 Å². The van der Waals surface area contributed by atoms with Gasteiger partial charge in [-0.15, -0.1) is 0 Å². The second-order valence-electron chi connectivity index (χ2n) is 9.56. The minimum Gasteiger partial charge on any atom is -0.507 e. The van der Waals surface area contributed by atoms with Gasteiger partial charge < -0.3 is 28.8 Å². The number of fused-ring (bicyclic) bond motifs is 1. The standard InChI is InChI=1S/C32H32N2O8S/c1-6-14-42-20-10-8-18(9-11-20)28(35)26-27(19-15-23(38-3)30(40-5)24(16-19)39-4)34(31(37)29(26)36)32-33-22-13-12-21(41-7-2)17-25(22)43-32/h8-13,15-17,27,35H,6-7,14H2,1-5H3/b28-26+. The molecule has 0 radical (unpaired) electrons. The van der Waals surface area contributed by atoms with E-state index in [1.165, 1.54) is 37.6 Å². The zero-order chi connectivity index (χ0) is 30.7. The molecule has 1 aromatic heterocycles. The van der Waals surface area contributed by atoms with Gasteiger partial charge >= 0.3 is 5.91 Å². The maximum absolute atomic E-state index is 13.8. The van der Waals surface area contributed by atoms with E-state index in [1.807, 2.05) is 19.9 Å². The fourth-order valence-electron chi connectivity index (χ4n) is 4.94. The zero-order valence-electron chi connectivity index (χ0n) is 24.5. The second kappa shape index (κ2) is 12.6. The van der Waals surface area contributed by atoms with Crippen molar-refractivity contribution in [2.45, 2.75) is 26.3 Å². The van der Waals surface area contributed by atoms with E-state index in [2.05, 4.69) is 0 Å². The highest BCUT2D eigenvalue weighted by Crippen LogP contribution is 2.48. The van der Waals surface area contributed by atoms with Crippen LogP contribution in [0.15, 0.2) is 60.2 Å². The molecule has 0 bridgehead atoms. The Kier molecular flexibility index (Phi) is 8.72. The van der Waals surface area contributed by atoms with Crippen LogP contribution in [0, 0.1) is 0 Å². The molecule has 0 spiro atoms. The number of anilines is 1. The van der Waals surface area contributed by atoms with Crippen LogP contribution in [0.2, 0.25) is 0 Å². The molecule has 11 heteroatoms. The highest BCUT2D eigenvalue weighted by Gasteiger charge is 2.48. The number of aliphatic hydroxyl groups is 1. The normalized spacial score (nSPS) is 16.0. The van der Waals surface area contributed by atoms with E-state index in [4.69, 9.17) is 28.7 Å². The van der Waals surface area contributed by atoms with E-state index in [0.29, 0.717) is 58.6 Å². The number of ketones is 1. The lowest BCUT2D eigenvalue weighted by Gasteiger charge is -2.24. The van der Waals surface area contributed by atoms with Crippen molar-refractivity contribution in [1.29, 1.82) is 0 Å². The molecule has 2 heterocycles. The minimum atomic E-state index is -1.06. The predicted octanol–water partition coefficient (Wildman–Crippen LogP) is 6.14. The van der Waals surface area contributed by atoms with Crippen molar-refractivity contribution in [3.05, 3.63) is 71.3 Å². The summed E-state index contributed by atoms with van der Waals surface area (Å²) in [7, 11) is 4.44. The molecule has 5 rings (SSSR count). The largest absolute Gasteiger partial charge is 0.507 e. The quantitative estimate of drug-likeness (QED) is 0.122. The molecular formula is C32H32N2O8S. The van der Waals surface area contributed by atoms with Crippen molar-refractivity contribution in [3.63, 3.8) is 0 Å². The van der Waals surface area contributed by atoms with Gasteiger partial charge in [-0.25, -0.2) is 4.98 Å². The molecule has 1 aliphatic rings. The molecule has 3 aromatic carbocycles. The van der Waals surface area contributed by atoms with E-state index >= 15 is 0 Å². The first-order valence-electron chi connectivity index (χ1n) is 13.7. The number of Topliss-reactive ketones (excluding diaryl/α,β-unsaturated/α-hetero) is 1. The lowest BCUT2D eigenvalue weighted by Crippen LogP contribution is -2.29. The summed E-state index contributed by atoms with van der Waals surface area (Å²) in [5.74, 6) is 0.277. The van der Waals surface area contributed by atoms with Crippen molar-refractivity contribution in [1.82, 2.24) is 4.98 Å². The number of aromatic nitrogens is 1. The summed E-state index contributed by atoms with van der Waals surface area (Å²) in [5.41, 5.74) is 1.34. The van der Waals surface area contributed by atoms with Crippen LogP contribution in [0.25, 0.3) is 16.0 Å². The molecule has 1 fully saturated rings. The molecule has 1 saturated heterocycles. The van der Waals surface area contributed by atoms with Crippen LogP contribution in [-0.2, 0) is 9.59 Å². The zero-order valence-corrected chi connectivity index (χ0v) is 25.3. The van der Waals surface area contributed by atoms with E-state index in [-0.39, 0.29) is 16.5 Å². The number of nitrogens with zero attached hydrogens (tertiary/aromatic N) is 2. The summed E-state index contributed by atoms with van der Waals surface area (Å²) in [6.07, 6.45) is 0.846. The van der Waals surface area contributed by atoms with Crippen molar-refractivity contribution in [2.24, 2.45) is 0 Å². The number of hydrogen-bond acceptors (Lipinski definition) is 10. The van der Waals surface area contributed by atoms with Crippen LogP contribution in [-0.4, -0.2) is 56.3 Å². The average Bonchev–Trinajstić information content (AvgIpc) is 3.56. The third kappa shape index (κ3) is 5.55. The van der Waals surface area contributed by atoms with Crippen LogP contribution < -0.4 is 28.6 Å². The number of thiazole rings is 1. The van der Waals surface area contributed by atoms with Crippen molar-refractivity contribution >= 4 is 44.1 Å². The number of amides is 1. The molecular weight excluding hydrogens is 572 g/mol. The topological polar surface area (TPSA) is 117 Å². The van der Waals surface area contributed by atoms with Gasteiger partial charge in [0, 0.05) is 5.56 Å². The number of rotatable bonds is 11. The molecule has 1 atom stereocenters. The maximum Gasteiger partial charge on any atom is 0.301 e. The van der Waals surface area contributed by atoms with Gasteiger partial charge in [-0.3, -0.25) is 14.5 Å². The summed E-state index contributed by atoms with van der Waals surface area (Å²) in [6, 6.07) is 14.4. The molecule has 1 aliphatic heterocycles. The van der Waals surface area contributed by atoms with E-state index in [9.17, 15) is 14.7 Å². The average molecular weight is 605 g/mol. The minimum absolute atomic E-state index is 0.101. The van der Waals surface area contributed by atoms with Crippen LogP contribution >= 0.6 is 11.3 Å². The highest BCUT2D eigenvalue weighted by atomic mass is 32.1. The molecule has 10 nitrogen and oxygen atoms in total. The summed E-state index contributed by atoms with van der Waals surface area (Å²) in [5, 5.41) is 11.9. The molecule has 43 heavy (non-hydrogen) atoms. The van der Waals surface area contributed by atoms with Crippen LogP contribution in [0.4, 0.5) is 5.13 Å². The lowest BCUT2D eigenvalue weighted by atomic mass is 9.94. The Bertz CT molecular complexity index is 1670. The SMILES string of the molecule is CCCOc1ccc(/C(O)=C2\C(=O)C(=O)N(c3nc4ccc(OCC)cc4s3)C2c2cc(OC)c(OC)c(OC)c2)cc1. The molecule has 1 amide bonds. The first kappa shape index (κ1) is 29.7. The first-order valence-corrected chi connectivity index (χ1v) is 14.5. The van der Waals surface area contributed by atoms with Gasteiger partial charge in [0.25, 0.3) is 5.78 Å². The monoisotopic (exact) mass is 604 g/mol. The Morgan fingerprint density at radius 1 is 0.907 bits per heavy atom. The van der Waals surface area contributed by atoms with Crippen molar-refractivity contribution in [3.8, 4) is 28.7 Å². The summed E-state index contributed by atoms with van der Waals surface area (Å²) in [4.78, 5) is 33.5. The number of benzene rings is 3. The Labute approximate surface area is 253 Å². The number of ether oxygens (including phenoxy) is 5. The molecule has 4 aromatic rings. The van der Waals surface area contributed by atoms with Gasteiger partial charge in [-0.1, -0.05) is 18.3 Å². The number of carbonyl (C=O) groups is 2. The van der Waals surface area contributed by atoms with E-state index in [0.717, 1.165) is 11.1 Å². The molecule has 224 valence electrons. The van der Waals surface area contributed by atoms with E-state index < -0.39 is 17.7 Å². The Morgan fingerprint density at radius 2 is 1.58 bits per heavy atom. The molecule has 1 N–H and O–H groups in total. The highest BCUT2D eigenvalue weighted by molar-refractivity contribution is 7.22. The molecule has 0 saturated carbocycles. The third-order valence-electron chi connectivity index (χ3n) is 6.91. The lowest BCUT2D eigenvalue weighted by molar-refractivity contribution is -0.132. The van der Waals surface area contributed by atoms with Crippen LogP contribution in [0.3, 0.4) is 0 Å². The fraction of sp³-hybridized carbons (Fsp3) is 0.281. The molecule has 1 unspecified atom stereocenters. The van der Waals surface area contributed by atoms with Gasteiger partial charge in [-0.05, 0) is 73.5 Å². The van der Waals surface area contributed by atoms with Gasteiger partial charge in [0.15, 0.2) is 16.6 Å². The maximum atomic E-state index is 13.8. The Hall–Kier alpha value is -4.77. The molecule has 0 aliphatic carbocycles. The second-order valence-corrected chi connectivity index (χ2v) is 10.6.